The minimum Gasteiger partial charge on any atom is -0.418 e. The van der Waals surface area contributed by atoms with Crippen LogP contribution in [0.4, 0.5) is 13.2 Å². The molecule has 0 bridgehead atoms. The molecule has 0 fully saturated rings. The molecule has 0 radical (unpaired) electrons. The van der Waals surface area contributed by atoms with Gasteiger partial charge in [-0.1, -0.05) is 0 Å². The molecule has 114 valence electrons. The van der Waals surface area contributed by atoms with Gasteiger partial charge in [-0.2, -0.15) is 23.4 Å². The lowest BCUT2D eigenvalue weighted by atomic mass is 10.2. The molecule has 0 atom stereocenters. The minimum absolute atomic E-state index is 0.215. The lowest BCUT2D eigenvalue weighted by Gasteiger charge is -2.07. The first-order valence-electron chi connectivity index (χ1n) is 6.11. The van der Waals surface area contributed by atoms with Crippen molar-refractivity contribution >= 4 is 11.5 Å². The van der Waals surface area contributed by atoms with E-state index in [4.69, 9.17) is 0 Å². The Balaban J connectivity index is 2.02. The number of aromatic nitrogens is 4. The molecule has 0 N–H and O–H groups in total. The van der Waals surface area contributed by atoms with Gasteiger partial charge in [0.25, 0.3) is 0 Å². The van der Waals surface area contributed by atoms with Crippen molar-refractivity contribution in [3.05, 3.63) is 36.8 Å². The lowest BCUT2D eigenvalue weighted by molar-refractivity contribution is -0.189. The Bertz CT molecular complexity index is 850. The summed E-state index contributed by atoms with van der Waals surface area (Å²) < 4.78 is 44.2. The Kier molecular flexibility index (Phi) is 3.12. The highest BCUT2D eigenvalue weighted by atomic mass is 19.4. The topological polar surface area (TPSA) is 61.4 Å². The lowest BCUT2D eigenvalue weighted by Crippen LogP contribution is -2.28. The summed E-state index contributed by atoms with van der Waals surface area (Å²) in [7, 11) is 1.73. The Morgan fingerprint density at radius 3 is 2.77 bits per heavy atom. The third-order valence-electron chi connectivity index (χ3n) is 2.90. The van der Waals surface area contributed by atoms with Gasteiger partial charge >= 0.3 is 12.1 Å². The fourth-order valence-electron chi connectivity index (χ4n) is 1.93. The Hall–Kier alpha value is -2.84. The van der Waals surface area contributed by atoms with E-state index in [1.165, 1.54) is 22.7 Å². The zero-order valence-corrected chi connectivity index (χ0v) is 11.2. The summed E-state index contributed by atoms with van der Waals surface area (Å²) >= 11 is 0. The molecule has 0 aliphatic carbocycles. The minimum atomic E-state index is -5.06. The first-order chi connectivity index (χ1) is 10.3. The Labute approximate surface area is 121 Å². The summed E-state index contributed by atoms with van der Waals surface area (Å²) in [6.07, 6.45) is -0.231. The Morgan fingerprint density at radius 1 is 1.36 bits per heavy atom. The van der Waals surface area contributed by atoms with Crippen molar-refractivity contribution in [2.75, 3.05) is 0 Å². The van der Waals surface area contributed by atoms with Gasteiger partial charge < -0.3 is 4.74 Å². The number of pyridine rings is 1. The van der Waals surface area contributed by atoms with Gasteiger partial charge in [0, 0.05) is 25.0 Å². The number of nitrogens with zero attached hydrogens (tertiary/aromatic N) is 4. The second-order valence-electron chi connectivity index (χ2n) is 4.52. The number of rotatable bonds is 2. The fourth-order valence-corrected chi connectivity index (χ4v) is 1.93. The predicted octanol–water partition coefficient (Wildman–Crippen LogP) is 2.20. The number of esters is 1. The fraction of sp³-hybridized carbons (Fsp3) is 0.154. The van der Waals surface area contributed by atoms with Crippen LogP contribution < -0.4 is 4.74 Å². The summed E-state index contributed by atoms with van der Waals surface area (Å²) in [5, 5.41) is 8.22. The van der Waals surface area contributed by atoms with Crippen molar-refractivity contribution in [1.29, 1.82) is 0 Å². The maximum absolute atomic E-state index is 12.3. The maximum atomic E-state index is 12.3. The SMILES string of the molecule is Cn1cc(-c2cc3c(OC(=O)C(F)(F)F)cccn3n2)cn1. The molecule has 0 amide bonds. The third kappa shape index (κ3) is 2.52. The largest absolute Gasteiger partial charge is 0.491 e. The summed E-state index contributed by atoms with van der Waals surface area (Å²) in [6.45, 7) is 0. The van der Waals surface area contributed by atoms with Crippen molar-refractivity contribution in [2.24, 2.45) is 7.05 Å². The summed E-state index contributed by atoms with van der Waals surface area (Å²) in [4.78, 5) is 11.0. The van der Waals surface area contributed by atoms with E-state index >= 15 is 0 Å². The van der Waals surface area contributed by atoms with Crippen LogP contribution in [0, 0.1) is 0 Å². The van der Waals surface area contributed by atoms with E-state index in [1.54, 1.807) is 30.3 Å². The molecule has 9 heteroatoms. The van der Waals surface area contributed by atoms with Crippen molar-refractivity contribution in [3.8, 4) is 17.0 Å². The molecule has 22 heavy (non-hydrogen) atoms. The molecular weight excluding hydrogens is 301 g/mol. The van der Waals surface area contributed by atoms with Gasteiger partial charge in [0.2, 0.25) is 0 Å². The highest BCUT2D eigenvalue weighted by Gasteiger charge is 2.41. The van der Waals surface area contributed by atoms with Gasteiger partial charge in [0.1, 0.15) is 5.52 Å². The van der Waals surface area contributed by atoms with Gasteiger partial charge in [-0.3, -0.25) is 4.68 Å². The number of carbonyl (C=O) groups is 1. The average Bonchev–Trinajstić information content (AvgIpc) is 3.03. The average molecular weight is 310 g/mol. The van der Waals surface area contributed by atoms with Crippen LogP contribution in [-0.2, 0) is 11.8 Å². The molecule has 0 spiro atoms. The highest BCUT2D eigenvalue weighted by molar-refractivity contribution is 5.81. The standard InChI is InChI=1S/C13H9F3N4O2/c1-19-7-8(6-17-19)9-5-10-11(3-2-4-20(10)18-9)22-12(21)13(14,15)16/h2-7H,1H3. The third-order valence-corrected chi connectivity index (χ3v) is 2.90. The summed E-state index contributed by atoms with van der Waals surface area (Å²) in [5.74, 6) is -2.49. The molecule has 3 heterocycles. The van der Waals surface area contributed by atoms with Gasteiger partial charge in [-0.25, -0.2) is 9.31 Å². The molecule has 0 aliphatic heterocycles. The van der Waals surface area contributed by atoms with E-state index in [9.17, 15) is 18.0 Å². The number of fused-ring (bicyclic) bond motifs is 1. The quantitative estimate of drug-likeness (QED) is 0.681. The van der Waals surface area contributed by atoms with E-state index in [2.05, 4.69) is 14.9 Å². The normalized spacial score (nSPS) is 11.8. The first kappa shape index (κ1) is 14.1. The van der Waals surface area contributed by atoms with E-state index in [0.29, 0.717) is 11.3 Å². The number of aryl methyl sites for hydroxylation is 1. The highest BCUT2D eigenvalue weighted by Crippen LogP contribution is 2.27. The molecule has 0 saturated heterocycles. The smallest absolute Gasteiger partial charge is 0.418 e. The Morgan fingerprint density at radius 2 is 2.14 bits per heavy atom. The molecule has 0 aliphatic rings. The molecule has 6 nitrogen and oxygen atoms in total. The number of carbonyl (C=O) groups excluding carboxylic acids is 1. The van der Waals surface area contributed by atoms with Crippen molar-refractivity contribution in [1.82, 2.24) is 19.4 Å². The molecule has 3 aromatic rings. The van der Waals surface area contributed by atoms with Crippen LogP contribution in [0.3, 0.4) is 0 Å². The van der Waals surface area contributed by atoms with Crippen molar-refractivity contribution in [3.63, 3.8) is 0 Å². The zero-order chi connectivity index (χ0) is 15.9. The number of halogens is 3. The van der Waals surface area contributed by atoms with E-state index in [0.717, 1.165) is 0 Å². The van der Waals surface area contributed by atoms with E-state index in [-0.39, 0.29) is 11.3 Å². The number of hydrogen-bond donors (Lipinski definition) is 0. The monoisotopic (exact) mass is 310 g/mol. The van der Waals surface area contributed by atoms with Crippen LogP contribution in [0.25, 0.3) is 16.8 Å². The maximum Gasteiger partial charge on any atom is 0.491 e. The van der Waals surface area contributed by atoms with Crippen LogP contribution in [0.15, 0.2) is 36.8 Å². The van der Waals surface area contributed by atoms with Crippen LogP contribution in [0.1, 0.15) is 0 Å². The summed E-state index contributed by atoms with van der Waals surface area (Å²) in [6, 6.07) is 4.23. The number of ether oxygens (including phenoxy) is 1. The zero-order valence-electron chi connectivity index (χ0n) is 11.2. The number of hydrogen-bond acceptors (Lipinski definition) is 4. The van der Waals surface area contributed by atoms with Gasteiger partial charge in [-0.05, 0) is 18.2 Å². The predicted molar refractivity (Wildman–Crippen MR) is 69.1 cm³/mol. The second-order valence-corrected chi connectivity index (χ2v) is 4.52. The first-order valence-corrected chi connectivity index (χ1v) is 6.11. The van der Waals surface area contributed by atoms with Gasteiger partial charge in [-0.15, -0.1) is 0 Å². The summed E-state index contributed by atoms with van der Waals surface area (Å²) in [5.41, 5.74) is 1.45. The molecule has 3 rings (SSSR count). The van der Waals surface area contributed by atoms with Gasteiger partial charge in [0.15, 0.2) is 5.75 Å². The molecule has 3 aromatic heterocycles. The van der Waals surface area contributed by atoms with Crippen LogP contribution in [0.2, 0.25) is 0 Å². The molecular formula is C13H9F3N4O2. The van der Waals surface area contributed by atoms with Crippen molar-refractivity contribution < 1.29 is 22.7 Å². The van der Waals surface area contributed by atoms with Crippen LogP contribution in [-0.4, -0.2) is 31.5 Å². The van der Waals surface area contributed by atoms with Gasteiger partial charge in [0.05, 0.1) is 11.9 Å². The second kappa shape index (κ2) is 4.86. The van der Waals surface area contributed by atoms with Crippen LogP contribution >= 0.6 is 0 Å². The van der Waals surface area contributed by atoms with E-state index < -0.39 is 12.1 Å². The van der Waals surface area contributed by atoms with Crippen LogP contribution in [0.5, 0.6) is 5.75 Å². The molecule has 0 unspecified atom stereocenters. The molecule has 0 aromatic carbocycles. The van der Waals surface area contributed by atoms with E-state index in [1.807, 2.05) is 0 Å². The molecule has 0 saturated carbocycles. The van der Waals surface area contributed by atoms with Crippen molar-refractivity contribution in [2.45, 2.75) is 6.18 Å². The number of alkyl halides is 3.